The number of hydrogen-bond acceptors (Lipinski definition) is 4. The van der Waals surface area contributed by atoms with Crippen LogP contribution in [0.4, 0.5) is 13.6 Å². The fraction of sp³-hybridized carbons (Fsp3) is 0.500. The standard InChI is InChI=1S/C16H20F2N2O4/c1-10(24-12-3-4-13(17)14(18)9-12)15(21)19-11-5-7-20(8-6-11)16(22)23-2/h3-4,9-11H,5-8H2,1-2H3,(H,19,21)/t10-/m0/s1. The van der Waals surface area contributed by atoms with E-state index in [1.54, 1.807) is 4.90 Å². The summed E-state index contributed by atoms with van der Waals surface area (Å²) in [6.07, 6.45) is -0.0133. The van der Waals surface area contributed by atoms with Crippen molar-refractivity contribution < 1.29 is 27.8 Å². The predicted octanol–water partition coefficient (Wildman–Crippen LogP) is 2.08. The molecule has 1 heterocycles. The van der Waals surface area contributed by atoms with Crippen LogP contribution in [0, 0.1) is 11.6 Å². The summed E-state index contributed by atoms with van der Waals surface area (Å²) < 4.78 is 36.0. The zero-order valence-electron chi connectivity index (χ0n) is 13.6. The van der Waals surface area contributed by atoms with Crippen molar-refractivity contribution in [3.05, 3.63) is 29.8 Å². The van der Waals surface area contributed by atoms with Gasteiger partial charge in [-0.1, -0.05) is 0 Å². The maximum absolute atomic E-state index is 13.1. The molecule has 1 atom stereocenters. The third-order valence-electron chi connectivity index (χ3n) is 3.85. The number of benzene rings is 1. The van der Waals surface area contributed by atoms with E-state index >= 15 is 0 Å². The van der Waals surface area contributed by atoms with Gasteiger partial charge in [0.05, 0.1) is 7.11 Å². The van der Waals surface area contributed by atoms with Crippen LogP contribution in [0.1, 0.15) is 19.8 Å². The lowest BCUT2D eigenvalue weighted by atomic mass is 10.1. The summed E-state index contributed by atoms with van der Waals surface area (Å²) in [4.78, 5) is 25.1. The minimum atomic E-state index is -1.03. The third kappa shape index (κ3) is 4.56. The Morgan fingerprint density at radius 2 is 1.92 bits per heavy atom. The largest absolute Gasteiger partial charge is 0.481 e. The number of ether oxygens (including phenoxy) is 2. The second-order valence-electron chi connectivity index (χ2n) is 5.58. The molecule has 6 nitrogen and oxygen atoms in total. The minimum absolute atomic E-state index is 0.0746. The maximum Gasteiger partial charge on any atom is 0.409 e. The third-order valence-corrected chi connectivity index (χ3v) is 3.85. The number of carbonyl (C=O) groups is 2. The van der Waals surface area contributed by atoms with Gasteiger partial charge in [0.2, 0.25) is 0 Å². The van der Waals surface area contributed by atoms with Crippen molar-refractivity contribution in [2.24, 2.45) is 0 Å². The van der Waals surface area contributed by atoms with Crippen LogP contribution in [-0.2, 0) is 9.53 Å². The summed E-state index contributed by atoms with van der Waals surface area (Å²) in [5, 5.41) is 2.83. The number of nitrogens with one attached hydrogen (secondary N) is 1. The zero-order valence-corrected chi connectivity index (χ0v) is 13.6. The van der Waals surface area contributed by atoms with E-state index in [2.05, 4.69) is 10.1 Å². The second kappa shape index (κ2) is 7.94. The van der Waals surface area contributed by atoms with E-state index in [1.165, 1.54) is 20.1 Å². The molecule has 1 aromatic carbocycles. The highest BCUT2D eigenvalue weighted by Gasteiger charge is 2.26. The van der Waals surface area contributed by atoms with Crippen LogP contribution in [-0.4, -0.2) is 49.2 Å². The monoisotopic (exact) mass is 342 g/mol. The molecule has 1 aromatic rings. The lowest BCUT2D eigenvalue weighted by Crippen LogP contribution is -2.49. The minimum Gasteiger partial charge on any atom is -0.481 e. The molecule has 1 fully saturated rings. The average molecular weight is 342 g/mol. The Balaban J connectivity index is 1.82. The van der Waals surface area contributed by atoms with Gasteiger partial charge in [-0.15, -0.1) is 0 Å². The molecule has 24 heavy (non-hydrogen) atoms. The molecule has 0 saturated carbocycles. The van der Waals surface area contributed by atoms with E-state index in [0.29, 0.717) is 25.9 Å². The van der Waals surface area contributed by atoms with Crippen molar-refractivity contribution in [1.82, 2.24) is 10.2 Å². The van der Waals surface area contributed by atoms with Gasteiger partial charge in [-0.25, -0.2) is 13.6 Å². The summed E-state index contributed by atoms with van der Waals surface area (Å²) >= 11 is 0. The van der Waals surface area contributed by atoms with Crippen LogP contribution in [0.2, 0.25) is 0 Å². The number of piperidine rings is 1. The number of nitrogens with zero attached hydrogens (tertiary/aromatic N) is 1. The fourth-order valence-corrected chi connectivity index (χ4v) is 2.46. The van der Waals surface area contributed by atoms with Gasteiger partial charge in [0.25, 0.3) is 5.91 Å². The van der Waals surface area contributed by atoms with Crippen LogP contribution >= 0.6 is 0 Å². The van der Waals surface area contributed by atoms with Crippen LogP contribution in [0.25, 0.3) is 0 Å². The number of halogens is 2. The van der Waals surface area contributed by atoms with Crippen molar-refractivity contribution in [3.8, 4) is 5.75 Å². The van der Waals surface area contributed by atoms with Crippen molar-refractivity contribution >= 4 is 12.0 Å². The molecule has 2 amide bonds. The van der Waals surface area contributed by atoms with E-state index in [1.807, 2.05) is 0 Å². The first-order chi connectivity index (χ1) is 11.4. The van der Waals surface area contributed by atoms with Crippen molar-refractivity contribution in [1.29, 1.82) is 0 Å². The van der Waals surface area contributed by atoms with Crippen LogP contribution in [0.15, 0.2) is 18.2 Å². The topological polar surface area (TPSA) is 67.9 Å². The number of methoxy groups -OCH3 is 1. The molecule has 1 saturated heterocycles. The molecule has 1 aliphatic heterocycles. The van der Waals surface area contributed by atoms with Gasteiger partial charge in [-0.2, -0.15) is 0 Å². The van der Waals surface area contributed by atoms with E-state index in [-0.39, 0.29) is 23.8 Å². The molecule has 0 radical (unpaired) electrons. The van der Waals surface area contributed by atoms with Crippen molar-refractivity contribution in [2.45, 2.75) is 31.9 Å². The van der Waals surface area contributed by atoms with Gasteiger partial charge in [0.15, 0.2) is 17.7 Å². The molecule has 0 aliphatic carbocycles. The van der Waals surface area contributed by atoms with Gasteiger partial charge in [0, 0.05) is 25.2 Å². The fourth-order valence-electron chi connectivity index (χ4n) is 2.46. The summed E-state index contributed by atoms with van der Waals surface area (Å²) in [6, 6.07) is 3.03. The lowest BCUT2D eigenvalue weighted by molar-refractivity contribution is -0.128. The molecule has 0 aromatic heterocycles. The zero-order chi connectivity index (χ0) is 17.7. The van der Waals surface area contributed by atoms with E-state index in [9.17, 15) is 18.4 Å². The highest BCUT2D eigenvalue weighted by Crippen LogP contribution is 2.17. The maximum atomic E-state index is 13.1. The molecule has 0 bridgehead atoms. The molecule has 0 unspecified atom stereocenters. The van der Waals surface area contributed by atoms with E-state index < -0.39 is 17.7 Å². The quantitative estimate of drug-likeness (QED) is 0.910. The summed E-state index contributed by atoms with van der Waals surface area (Å²) in [5.74, 6) is -2.28. The predicted molar refractivity (Wildman–Crippen MR) is 81.6 cm³/mol. The first-order valence-corrected chi connectivity index (χ1v) is 7.65. The van der Waals surface area contributed by atoms with Crippen molar-refractivity contribution in [2.75, 3.05) is 20.2 Å². The Morgan fingerprint density at radius 3 is 2.50 bits per heavy atom. The molecular formula is C16H20F2N2O4. The number of hydrogen-bond donors (Lipinski definition) is 1. The summed E-state index contributed by atoms with van der Waals surface area (Å²) in [5.41, 5.74) is 0. The Hall–Kier alpha value is -2.38. The molecule has 1 N–H and O–H groups in total. The van der Waals surface area contributed by atoms with Crippen LogP contribution < -0.4 is 10.1 Å². The molecule has 132 valence electrons. The first-order valence-electron chi connectivity index (χ1n) is 7.65. The molecular weight excluding hydrogens is 322 g/mol. The van der Waals surface area contributed by atoms with E-state index in [4.69, 9.17) is 4.74 Å². The van der Waals surface area contributed by atoms with Gasteiger partial charge in [0.1, 0.15) is 5.75 Å². The molecule has 1 aliphatic rings. The average Bonchev–Trinajstić information content (AvgIpc) is 2.58. The van der Waals surface area contributed by atoms with Crippen LogP contribution in [0.5, 0.6) is 5.75 Å². The van der Waals surface area contributed by atoms with Gasteiger partial charge < -0.3 is 19.7 Å². The van der Waals surface area contributed by atoms with Crippen molar-refractivity contribution in [3.63, 3.8) is 0 Å². The highest BCUT2D eigenvalue weighted by molar-refractivity contribution is 5.81. The van der Waals surface area contributed by atoms with Gasteiger partial charge >= 0.3 is 6.09 Å². The Labute approximate surface area is 138 Å². The Kier molecular flexibility index (Phi) is 5.94. The first kappa shape index (κ1) is 18.0. The second-order valence-corrected chi connectivity index (χ2v) is 5.58. The number of carbonyl (C=O) groups excluding carboxylic acids is 2. The van der Waals surface area contributed by atoms with Gasteiger partial charge in [-0.05, 0) is 31.9 Å². The summed E-state index contributed by atoms with van der Waals surface area (Å²) in [7, 11) is 1.33. The Morgan fingerprint density at radius 1 is 1.25 bits per heavy atom. The Bertz CT molecular complexity index is 604. The van der Waals surface area contributed by atoms with Crippen LogP contribution in [0.3, 0.4) is 0 Å². The van der Waals surface area contributed by atoms with E-state index in [0.717, 1.165) is 12.1 Å². The normalized spacial score (nSPS) is 16.4. The summed E-state index contributed by atoms with van der Waals surface area (Å²) in [6.45, 7) is 2.52. The SMILES string of the molecule is COC(=O)N1CCC(NC(=O)[C@H](C)Oc2ccc(F)c(F)c2)CC1. The number of amides is 2. The smallest absolute Gasteiger partial charge is 0.409 e. The molecule has 8 heteroatoms. The molecule has 2 rings (SSSR count). The number of likely N-dealkylation sites (tertiary alicyclic amines) is 1. The lowest BCUT2D eigenvalue weighted by Gasteiger charge is -2.31. The number of rotatable bonds is 4. The molecule has 0 spiro atoms. The highest BCUT2D eigenvalue weighted by atomic mass is 19.2. The van der Waals surface area contributed by atoms with Gasteiger partial charge in [-0.3, -0.25) is 4.79 Å².